The quantitative estimate of drug-likeness (QED) is 0.745. The molecule has 1 atom stereocenters. The number of hydrogen-bond donors (Lipinski definition) is 1. The Morgan fingerprint density at radius 3 is 3.29 bits per heavy atom. The highest BCUT2D eigenvalue weighted by molar-refractivity contribution is 5.12. The van der Waals surface area contributed by atoms with E-state index in [2.05, 4.69) is 15.5 Å². The van der Waals surface area contributed by atoms with Crippen molar-refractivity contribution in [1.82, 2.24) is 20.3 Å². The largest absolute Gasteiger partial charge is 0.314 e. The second-order valence-electron chi connectivity index (χ2n) is 3.52. The van der Waals surface area contributed by atoms with Gasteiger partial charge in [-0.15, -0.1) is 5.10 Å². The van der Waals surface area contributed by atoms with Crippen LogP contribution in [0.2, 0.25) is 0 Å². The standard InChI is InChI=1S/C9H13N5/c10-6-9-7-12-14(13-9)5-3-8-2-1-4-11-8/h7-8,11H,1-5H2. The first-order valence-electron chi connectivity index (χ1n) is 4.92. The fourth-order valence-electron chi connectivity index (χ4n) is 1.73. The topological polar surface area (TPSA) is 66.5 Å². The van der Waals surface area contributed by atoms with Gasteiger partial charge in [0.1, 0.15) is 6.07 Å². The van der Waals surface area contributed by atoms with Crippen molar-refractivity contribution in [2.75, 3.05) is 6.54 Å². The van der Waals surface area contributed by atoms with Crippen LogP contribution in [0.15, 0.2) is 6.20 Å². The molecule has 0 bridgehead atoms. The molecule has 2 rings (SSSR count). The monoisotopic (exact) mass is 191 g/mol. The zero-order chi connectivity index (χ0) is 9.80. The maximum atomic E-state index is 8.55. The molecule has 0 amide bonds. The lowest BCUT2D eigenvalue weighted by molar-refractivity contribution is 0.447. The van der Waals surface area contributed by atoms with E-state index in [1.54, 1.807) is 4.80 Å². The van der Waals surface area contributed by atoms with Gasteiger partial charge in [-0.3, -0.25) is 0 Å². The van der Waals surface area contributed by atoms with Gasteiger partial charge in [-0.25, -0.2) is 0 Å². The number of nitrogens with one attached hydrogen (secondary N) is 1. The van der Waals surface area contributed by atoms with E-state index in [-0.39, 0.29) is 0 Å². The van der Waals surface area contributed by atoms with Crippen molar-refractivity contribution in [3.63, 3.8) is 0 Å². The van der Waals surface area contributed by atoms with Crippen molar-refractivity contribution >= 4 is 0 Å². The van der Waals surface area contributed by atoms with Crippen LogP contribution in [-0.4, -0.2) is 27.6 Å². The first-order chi connectivity index (χ1) is 6.88. The second kappa shape index (κ2) is 4.20. The summed E-state index contributed by atoms with van der Waals surface area (Å²) in [6, 6.07) is 2.57. The van der Waals surface area contributed by atoms with Gasteiger partial charge in [0.05, 0.1) is 12.7 Å². The van der Waals surface area contributed by atoms with Crippen molar-refractivity contribution in [2.45, 2.75) is 31.8 Å². The molecule has 1 aromatic heterocycles. The number of aryl methyl sites for hydroxylation is 1. The summed E-state index contributed by atoms with van der Waals surface area (Å²) in [5, 5.41) is 20.0. The Bertz CT molecular complexity index is 331. The van der Waals surface area contributed by atoms with Crippen molar-refractivity contribution < 1.29 is 0 Å². The van der Waals surface area contributed by atoms with Gasteiger partial charge < -0.3 is 5.32 Å². The van der Waals surface area contributed by atoms with Gasteiger partial charge in [0.25, 0.3) is 0 Å². The van der Waals surface area contributed by atoms with E-state index in [1.807, 2.05) is 6.07 Å². The molecule has 1 aliphatic rings. The van der Waals surface area contributed by atoms with Crippen molar-refractivity contribution in [1.29, 1.82) is 5.26 Å². The molecule has 1 aliphatic heterocycles. The van der Waals surface area contributed by atoms with Gasteiger partial charge in [-0.2, -0.15) is 15.2 Å². The van der Waals surface area contributed by atoms with Crippen LogP contribution in [-0.2, 0) is 6.54 Å². The van der Waals surface area contributed by atoms with Gasteiger partial charge in [0.2, 0.25) is 0 Å². The van der Waals surface area contributed by atoms with E-state index in [0.29, 0.717) is 11.7 Å². The molecule has 0 radical (unpaired) electrons. The lowest BCUT2D eigenvalue weighted by atomic mass is 10.2. The van der Waals surface area contributed by atoms with Crippen molar-refractivity contribution in [3.8, 4) is 6.07 Å². The molecule has 0 aliphatic carbocycles. The normalized spacial score (nSPS) is 20.9. The van der Waals surface area contributed by atoms with Crippen molar-refractivity contribution in [2.24, 2.45) is 0 Å². The van der Waals surface area contributed by atoms with Crippen LogP contribution in [0.1, 0.15) is 25.0 Å². The van der Waals surface area contributed by atoms with Gasteiger partial charge >= 0.3 is 0 Å². The van der Waals surface area contributed by atoms with Crippen LogP contribution in [0.5, 0.6) is 0 Å². The second-order valence-corrected chi connectivity index (χ2v) is 3.52. The number of nitriles is 1. The van der Waals surface area contributed by atoms with E-state index in [4.69, 9.17) is 5.26 Å². The summed E-state index contributed by atoms with van der Waals surface area (Å²) in [7, 11) is 0. The molecule has 0 saturated carbocycles. The Kier molecular flexibility index (Phi) is 2.75. The first-order valence-corrected chi connectivity index (χ1v) is 4.92. The lowest BCUT2D eigenvalue weighted by Crippen LogP contribution is -2.23. The molecule has 5 nitrogen and oxygen atoms in total. The zero-order valence-electron chi connectivity index (χ0n) is 7.98. The van der Waals surface area contributed by atoms with Crippen LogP contribution < -0.4 is 5.32 Å². The third-order valence-corrected chi connectivity index (χ3v) is 2.49. The predicted molar refractivity (Wildman–Crippen MR) is 50.4 cm³/mol. The molecule has 1 saturated heterocycles. The summed E-state index contributed by atoms with van der Waals surface area (Å²) in [4.78, 5) is 1.60. The highest BCUT2D eigenvalue weighted by Crippen LogP contribution is 2.09. The van der Waals surface area contributed by atoms with Crippen LogP contribution >= 0.6 is 0 Å². The molecule has 2 heterocycles. The molecule has 1 fully saturated rings. The average Bonchev–Trinajstić information content (AvgIpc) is 2.86. The smallest absolute Gasteiger partial charge is 0.182 e. The Morgan fingerprint density at radius 1 is 1.71 bits per heavy atom. The third-order valence-electron chi connectivity index (χ3n) is 2.49. The summed E-state index contributed by atoms with van der Waals surface area (Å²) in [6.45, 7) is 1.92. The highest BCUT2D eigenvalue weighted by Gasteiger charge is 2.13. The van der Waals surface area contributed by atoms with E-state index in [9.17, 15) is 0 Å². The lowest BCUT2D eigenvalue weighted by Gasteiger charge is -2.08. The van der Waals surface area contributed by atoms with Gasteiger partial charge in [-0.1, -0.05) is 0 Å². The zero-order valence-corrected chi connectivity index (χ0v) is 7.98. The summed E-state index contributed by atoms with van der Waals surface area (Å²) in [5.74, 6) is 0. The SMILES string of the molecule is N#Cc1cnn(CCC2CCCN2)n1. The van der Waals surface area contributed by atoms with E-state index < -0.39 is 0 Å². The highest BCUT2D eigenvalue weighted by atomic mass is 15.5. The Labute approximate surface area is 82.7 Å². The molecular weight excluding hydrogens is 178 g/mol. The summed E-state index contributed by atoms with van der Waals surface area (Å²) in [6.07, 6.45) is 5.05. The number of hydrogen-bond acceptors (Lipinski definition) is 4. The first kappa shape index (κ1) is 9.16. The van der Waals surface area contributed by atoms with E-state index >= 15 is 0 Å². The molecule has 1 aromatic rings. The molecule has 14 heavy (non-hydrogen) atoms. The summed E-state index contributed by atoms with van der Waals surface area (Å²) < 4.78 is 0. The minimum atomic E-state index is 0.393. The minimum Gasteiger partial charge on any atom is -0.314 e. The fraction of sp³-hybridized carbons (Fsp3) is 0.667. The van der Waals surface area contributed by atoms with Gasteiger partial charge in [0, 0.05) is 6.04 Å². The number of nitrogens with zero attached hydrogens (tertiary/aromatic N) is 4. The Morgan fingerprint density at radius 2 is 2.64 bits per heavy atom. The van der Waals surface area contributed by atoms with Crippen LogP contribution in [0.25, 0.3) is 0 Å². The number of rotatable bonds is 3. The fourth-order valence-corrected chi connectivity index (χ4v) is 1.73. The predicted octanol–water partition coefficient (Wildman–Crippen LogP) is 0.292. The summed E-state index contributed by atoms with van der Waals surface area (Å²) in [5.41, 5.74) is 0.393. The molecule has 0 spiro atoms. The average molecular weight is 191 g/mol. The van der Waals surface area contributed by atoms with Gasteiger partial charge in [-0.05, 0) is 25.8 Å². The third kappa shape index (κ3) is 2.09. The minimum absolute atomic E-state index is 0.393. The van der Waals surface area contributed by atoms with Crippen molar-refractivity contribution in [3.05, 3.63) is 11.9 Å². The van der Waals surface area contributed by atoms with E-state index in [0.717, 1.165) is 19.5 Å². The van der Waals surface area contributed by atoms with Crippen LogP contribution in [0.3, 0.4) is 0 Å². The molecular formula is C9H13N5. The number of aromatic nitrogens is 3. The molecule has 74 valence electrons. The maximum Gasteiger partial charge on any atom is 0.182 e. The maximum absolute atomic E-state index is 8.55. The molecule has 1 unspecified atom stereocenters. The van der Waals surface area contributed by atoms with E-state index in [1.165, 1.54) is 19.0 Å². The molecule has 5 heteroatoms. The molecule has 1 N–H and O–H groups in total. The Balaban J connectivity index is 1.82. The van der Waals surface area contributed by atoms with Crippen LogP contribution in [0.4, 0.5) is 0 Å². The van der Waals surface area contributed by atoms with Crippen LogP contribution in [0, 0.1) is 11.3 Å². The molecule has 0 aromatic carbocycles. The Hall–Kier alpha value is -1.41. The van der Waals surface area contributed by atoms with Gasteiger partial charge in [0.15, 0.2) is 5.69 Å². The summed E-state index contributed by atoms with van der Waals surface area (Å²) >= 11 is 0.